The average molecular weight is 401 g/mol. The molecule has 156 valence electrons. The van der Waals surface area contributed by atoms with Gasteiger partial charge in [0.2, 0.25) is 5.91 Å². The molecule has 0 bridgehead atoms. The van der Waals surface area contributed by atoms with Crippen LogP contribution in [0.4, 0.5) is 5.82 Å². The van der Waals surface area contributed by atoms with Gasteiger partial charge in [0.1, 0.15) is 5.82 Å². The highest BCUT2D eigenvalue weighted by atomic mass is 16.5. The number of carbonyl (C=O) groups is 1. The Bertz CT molecular complexity index is 956. The van der Waals surface area contributed by atoms with E-state index in [1.807, 2.05) is 12.1 Å². The van der Waals surface area contributed by atoms with Crippen molar-refractivity contribution in [2.45, 2.75) is 52.4 Å². The lowest BCUT2D eigenvalue weighted by molar-refractivity contribution is -0.121. The summed E-state index contributed by atoms with van der Waals surface area (Å²) < 4.78 is 5.75. The molecule has 0 saturated carbocycles. The molecule has 2 atom stereocenters. The van der Waals surface area contributed by atoms with Crippen molar-refractivity contribution in [1.82, 2.24) is 20.3 Å². The zero-order chi connectivity index (χ0) is 21.0. The van der Waals surface area contributed by atoms with Crippen LogP contribution < -0.4 is 21.5 Å². The Kier molecular flexibility index (Phi) is 6.48. The molecular formula is C20H27N5O4. The fourth-order valence-corrected chi connectivity index (χ4v) is 3.53. The number of aromatic amines is 2. The zero-order valence-electron chi connectivity index (χ0n) is 16.9. The molecule has 1 amide bonds. The fraction of sp³-hybridized carbons (Fsp3) is 0.500. The number of ether oxygens (including phenoxy) is 1. The highest BCUT2D eigenvalue weighted by Crippen LogP contribution is 2.18. The van der Waals surface area contributed by atoms with Gasteiger partial charge >= 0.3 is 5.69 Å². The largest absolute Gasteiger partial charge is 0.372 e. The number of nitrogens with zero attached hydrogens (tertiary/aromatic N) is 2. The monoisotopic (exact) mass is 401 g/mol. The quantitative estimate of drug-likeness (QED) is 0.653. The van der Waals surface area contributed by atoms with E-state index in [9.17, 15) is 14.4 Å². The highest BCUT2D eigenvalue weighted by molar-refractivity contribution is 5.76. The van der Waals surface area contributed by atoms with Gasteiger partial charge in [0.25, 0.3) is 5.56 Å². The van der Waals surface area contributed by atoms with Gasteiger partial charge in [-0.3, -0.25) is 14.6 Å². The minimum absolute atomic E-state index is 0.158. The Morgan fingerprint density at radius 2 is 1.97 bits per heavy atom. The van der Waals surface area contributed by atoms with Gasteiger partial charge in [0.05, 0.1) is 12.2 Å². The number of carbonyl (C=O) groups excluding carboxylic acids is 1. The summed E-state index contributed by atoms with van der Waals surface area (Å²) >= 11 is 0. The predicted octanol–water partition coefficient (Wildman–Crippen LogP) is 0.629. The molecule has 0 aliphatic carbocycles. The van der Waals surface area contributed by atoms with E-state index in [1.165, 1.54) is 0 Å². The minimum atomic E-state index is -0.544. The van der Waals surface area contributed by atoms with E-state index in [2.05, 4.69) is 39.0 Å². The van der Waals surface area contributed by atoms with E-state index in [-0.39, 0.29) is 31.0 Å². The highest BCUT2D eigenvalue weighted by Gasteiger charge is 2.23. The molecule has 1 aliphatic heterocycles. The summed E-state index contributed by atoms with van der Waals surface area (Å²) in [7, 11) is 0. The standard InChI is InChI=1S/C20H27N5O4/c1-12-10-25(11-13(2)29-12)17-6-4-15(8-21-17)9-22-18(26)7-5-16-14(3)23-20(28)24-19(16)27/h4,6,8,12-13H,5,7,9-11H2,1-3H3,(H,22,26)(H2,23,24,27,28). The van der Waals surface area contributed by atoms with Crippen molar-refractivity contribution in [3.05, 3.63) is 56.0 Å². The van der Waals surface area contributed by atoms with Gasteiger partial charge in [-0.1, -0.05) is 6.07 Å². The first kappa shape index (κ1) is 20.8. The maximum atomic E-state index is 12.1. The summed E-state index contributed by atoms with van der Waals surface area (Å²) in [5.74, 6) is 0.727. The lowest BCUT2D eigenvalue weighted by atomic mass is 10.1. The molecule has 29 heavy (non-hydrogen) atoms. The second kappa shape index (κ2) is 9.04. The van der Waals surface area contributed by atoms with Gasteiger partial charge < -0.3 is 19.9 Å². The van der Waals surface area contributed by atoms with Crippen molar-refractivity contribution in [3.8, 4) is 0 Å². The van der Waals surface area contributed by atoms with Crippen molar-refractivity contribution in [1.29, 1.82) is 0 Å². The van der Waals surface area contributed by atoms with Crippen molar-refractivity contribution in [2.24, 2.45) is 0 Å². The van der Waals surface area contributed by atoms with Crippen LogP contribution in [0.3, 0.4) is 0 Å². The van der Waals surface area contributed by atoms with Gasteiger partial charge in [0.15, 0.2) is 0 Å². The normalized spacial score (nSPS) is 19.2. The lowest BCUT2D eigenvalue weighted by Crippen LogP contribution is -2.45. The van der Waals surface area contributed by atoms with E-state index in [4.69, 9.17) is 4.74 Å². The first-order chi connectivity index (χ1) is 13.8. The second-order valence-corrected chi connectivity index (χ2v) is 7.48. The maximum Gasteiger partial charge on any atom is 0.325 e. The third kappa shape index (κ3) is 5.54. The fourth-order valence-electron chi connectivity index (χ4n) is 3.53. The average Bonchev–Trinajstić information content (AvgIpc) is 2.65. The van der Waals surface area contributed by atoms with Gasteiger partial charge in [-0.2, -0.15) is 0 Å². The molecule has 0 aromatic carbocycles. The molecule has 9 nitrogen and oxygen atoms in total. The number of anilines is 1. The Morgan fingerprint density at radius 3 is 2.59 bits per heavy atom. The molecule has 1 saturated heterocycles. The van der Waals surface area contributed by atoms with E-state index >= 15 is 0 Å². The SMILES string of the molecule is Cc1[nH]c(=O)[nH]c(=O)c1CCC(=O)NCc1ccc(N2CC(C)OC(C)C2)nc1. The van der Waals surface area contributed by atoms with Gasteiger partial charge in [0, 0.05) is 43.5 Å². The van der Waals surface area contributed by atoms with E-state index in [0.29, 0.717) is 17.8 Å². The molecule has 3 heterocycles. The van der Waals surface area contributed by atoms with Crippen molar-refractivity contribution in [2.75, 3.05) is 18.0 Å². The van der Waals surface area contributed by atoms with Crippen LogP contribution in [-0.4, -0.2) is 46.2 Å². The molecule has 3 rings (SSSR count). The Balaban J connectivity index is 1.50. The molecule has 9 heteroatoms. The lowest BCUT2D eigenvalue weighted by Gasteiger charge is -2.36. The van der Waals surface area contributed by atoms with Crippen LogP contribution in [0.25, 0.3) is 0 Å². The molecule has 1 fully saturated rings. The summed E-state index contributed by atoms with van der Waals surface area (Å²) in [5, 5.41) is 2.84. The third-order valence-electron chi connectivity index (χ3n) is 4.90. The molecule has 0 spiro atoms. The van der Waals surface area contributed by atoms with Crippen LogP contribution >= 0.6 is 0 Å². The predicted molar refractivity (Wildman–Crippen MR) is 109 cm³/mol. The van der Waals surface area contributed by atoms with Crippen LogP contribution in [0, 0.1) is 6.92 Å². The van der Waals surface area contributed by atoms with Crippen LogP contribution in [0.1, 0.15) is 37.1 Å². The number of nitrogens with one attached hydrogen (secondary N) is 3. The topological polar surface area (TPSA) is 120 Å². The summed E-state index contributed by atoms with van der Waals surface area (Å²) in [6, 6.07) is 3.90. The molecule has 2 aromatic heterocycles. The zero-order valence-corrected chi connectivity index (χ0v) is 16.9. The summed E-state index contributed by atoms with van der Waals surface area (Å²) in [4.78, 5) is 46.6. The van der Waals surface area contributed by atoms with Crippen molar-refractivity contribution >= 4 is 11.7 Å². The molecule has 0 radical (unpaired) electrons. The Labute approximate surface area is 168 Å². The Morgan fingerprint density at radius 1 is 1.24 bits per heavy atom. The smallest absolute Gasteiger partial charge is 0.325 e. The van der Waals surface area contributed by atoms with Crippen LogP contribution in [0.5, 0.6) is 0 Å². The number of pyridine rings is 1. The number of rotatable bonds is 6. The molecular weight excluding hydrogens is 374 g/mol. The van der Waals surface area contributed by atoms with Crippen LogP contribution in [0.15, 0.2) is 27.9 Å². The first-order valence-electron chi connectivity index (χ1n) is 9.76. The van der Waals surface area contributed by atoms with Crippen molar-refractivity contribution in [3.63, 3.8) is 0 Å². The van der Waals surface area contributed by atoms with Crippen LogP contribution in [-0.2, 0) is 22.5 Å². The summed E-state index contributed by atoms with van der Waals surface area (Å²) in [6.45, 7) is 7.72. The molecule has 3 N–H and O–H groups in total. The van der Waals surface area contributed by atoms with Gasteiger partial charge in [-0.05, 0) is 38.8 Å². The van der Waals surface area contributed by atoms with E-state index < -0.39 is 11.2 Å². The number of hydrogen-bond acceptors (Lipinski definition) is 6. The first-order valence-corrected chi connectivity index (χ1v) is 9.76. The van der Waals surface area contributed by atoms with E-state index in [1.54, 1.807) is 13.1 Å². The number of amides is 1. The molecule has 2 unspecified atom stereocenters. The summed E-state index contributed by atoms with van der Waals surface area (Å²) in [6.07, 6.45) is 2.51. The summed E-state index contributed by atoms with van der Waals surface area (Å²) in [5.41, 5.74) is 0.801. The minimum Gasteiger partial charge on any atom is -0.372 e. The van der Waals surface area contributed by atoms with Gasteiger partial charge in [-0.25, -0.2) is 9.78 Å². The number of aryl methyl sites for hydroxylation is 1. The number of morpholine rings is 1. The molecule has 1 aliphatic rings. The molecule has 2 aromatic rings. The van der Waals surface area contributed by atoms with Gasteiger partial charge in [-0.15, -0.1) is 0 Å². The van der Waals surface area contributed by atoms with Crippen LogP contribution in [0.2, 0.25) is 0 Å². The van der Waals surface area contributed by atoms with E-state index in [0.717, 1.165) is 24.5 Å². The number of H-pyrrole nitrogens is 2. The Hall–Kier alpha value is -2.94. The maximum absolute atomic E-state index is 12.1. The number of hydrogen-bond donors (Lipinski definition) is 3. The third-order valence-corrected chi connectivity index (χ3v) is 4.90. The number of aromatic nitrogens is 3. The van der Waals surface area contributed by atoms with Crippen molar-refractivity contribution < 1.29 is 9.53 Å². The second-order valence-electron chi connectivity index (χ2n) is 7.48.